The Morgan fingerprint density at radius 3 is 2.35 bits per heavy atom. The minimum Gasteiger partial charge on any atom is -0.489 e. The molecular formula is C33H38N3O8PS. The first-order valence-electron chi connectivity index (χ1n) is 14.8. The summed E-state index contributed by atoms with van der Waals surface area (Å²) in [6.45, 7) is 9.11. The molecule has 0 unspecified atom stereocenters. The van der Waals surface area contributed by atoms with E-state index in [-0.39, 0.29) is 31.5 Å². The third-order valence-electron chi connectivity index (χ3n) is 6.74. The molecule has 4 rings (SSSR count). The minimum atomic E-state index is -4.15. The van der Waals surface area contributed by atoms with Crippen LogP contribution in [0.2, 0.25) is 0 Å². The van der Waals surface area contributed by atoms with Crippen LogP contribution in [0.15, 0.2) is 105 Å². The van der Waals surface area contributed by atoms with Gasteiger partial charge in [0.05, 0.1) is 25.3 Å². The monoisotopic (exact) mass is 667 g/mol. The zero-order valence-electron chi connectivity index (χ0n) is 26.0. The van der Waals surface area contributed by atoms with E-state index in [9.17, 15) is 14.2 Å². The number of hydrogen-bond acceptors (Lipinski definition) is 11. The summed E-state index contributed by atoms with van der Waals surface area (Å²) < 4.78 is 41.2. The lowest BCUT2D eigenvalue weighted by atomic mass is 10.0. The van der Waals surface area contributed by atoms with Gasteiger partial charge in [-0.25, -0.2) is 9.36 Å². The number of nitrogens with one attached hydrogen (secondary N) is 1. The normalized spacial score (nSPS) is 17.2. The smallest absolute Gasteiger partial charge is 0.489 e. The van der Waals surface area contributed by atoms with Crippen molar-refractivity contribution in [3.05, 3.63) is 113 Å². The van der Waals surface area contributed by atoms with Gasteiger partial charge in [0.25, 0.3) is 0 Å². The van der Waals surface area contributed by atoms with E-state index in [0.717, 1.165) is 11.1 Å². The fourth-order valence-corrected chi connectivity index (χ4v) is 6.39. The SMILES string of the molecule is C=CCOc1cc([C@@H](CCC)NC(=O)[C@]2(C)CSC(/C(C)=N/OP(=O)(OCc3ccccc3)OCc3ccccc3)=N2)oc(=O)c1. The first-order valence-corrected chi connectivity index (χ1v) is 17.2. The summed E-state index contributed by atoms with van der Waals surface area (Å²) in [6.07, 6.45) is 2.81. The third kappa shape index (κ3) is 10.0. The number of hydrogen-bond donors (Lipinski definition) is 1. The van der Waals surface area contributed by atoms with Gasteiger partial charge in [-0.2, -0.15) is 0 Å². The van der Waals surface area contributed by atoms with Crippen molar-refractivity contribution in [3.8, 4) is 5.75 Å². The molecule has 2 aromatic carbocycles. The zero-order chi connectivity index (χ0) is 33.0. The van der Waals surface area contributed by atoms with E-state index in [1.807, 2.05) is 67.6 Å². The summed E-state index contributed by atoms with van der Waals surface area (Å²) >= 11 is 1.31. The maximum absolute atomic E-state index is 13.6. The molecule has 2 heterocycles. The summed E-state index contributed by atoms with van der Waals surface area (Å²) in [4.78, 5) is 30.4. The Labute approximate surface area is 272 Å². The second-order valence-corrected chi connectivity index (χ2v) is 13.2. The lowest BCUT2D eigenvalue weighted by Gasteiger charge is -2.24. The average molecular weight is 668 g/mol. The van der Waals surface area contributed by atoms with Crippen molar-refractivity contribution in [2.45, 2.75) is 58.4 Å². The highest BCUT2D eigenvalue weighted by atomic mass is 32.2. The van der Waals surface area contributed by atoms with Gasteiger partial charge in [0.2, 0.25) is 5.91 Å². The van der Waals surface area contributed by atoms with Crippen LogP contribution >= 0.6 is 19.6 Å². The highest BCUT2D eigenvalue weighted by Gasteiger charge is 2.40. The van der Waals surface area contributed by atoms with Gasteiger partial charge in [-0.05, 0) is 31.4 Å². The number of amides is 1. The zero-order valence-corrected chi connectivity index (χ0v) is 27.8. The number of rotatable bonds is 17. The Hall–Kier alpha value is -3.96. The minimum absolute atomic E-state index is 0.0161. The van der Waals surface area contributed by atoms with E-state index >= 15 is 0 Å². The van der Waals surface area contributed by atoms with Crippen molar-refractivity contribution in [1.29, 1.82) is 0 Å². The molecule has 46 heavy (non-hydrogen) atoms. The lowest BCUT2D eigenvalue weighted by molar-refractivity contribution is -0.125. The van der Waals surface area contributed by atoms with Gasteiger partial charge in [-0.3, -0.25) is 23.5 Å². The summed E-state index contributed by atoms with van der Waals surface area (Å²) in [5.74, 6) is 0.575. The quantitative estimate of drug-likeness (QED) is 0.0698. The Morgan fingerprint density at radius 2 is 1.76 bits per heavy atom. The summed E-state index contributed by atoms with van der Waals surface area (Å²) in [7, 11) is -4.15. The van der Waals surface area contributed by atoms with Gasteiger partial charge in [-0.1, -0.05) is 91.8 Å². The second-order valence-electron chi connectivity index (χ2n) is 10.6. The lowest BCUT2D eigenvalue weighted by Crippen LogP contribution is -2.45. The number of carbonyl (C=O) groups is 1. The van der Waals surface area contributed by atoms with E-state index in [2.05, 4.69) is 22.0 Å². The maximum Gasteiger partial charge on any atom is 0.551 e. The molecule has 1 aromatic heterocycles. The molecule has 0 bridgehead atoms. The van der Waals surface area contributed by atoms with Crippen LogP contribution in [-0.4, -0.2) is 34.6 Å². The number of phosphoric ester groups is 1. The number of oxime groups is 1. The fraction of sp³-hybridized carbons (Fsp3) is 0.333. The topological polar surface area (TPSA) is 138 Å². The van der Waals surface area contributed by atoms with Gasteiger partial charge in [0, 0.05) is 11.8 Å². The molecule has 1 aliphatic rings. The summed E-state index contributed by atoms with van der Waals surface area (Å²) in [5.41, 5.74) is 0.127. The Kier molecular flexibility index (Phi) is 12.6. The van der Waals surface area contributed by atoms with Crippen LogP contribution in [0, 0.1) is 0 Å². The molecule has 0 fully saturated rings. The van der Waals surface area contributed by atoms with E-state index < -0.39 is 25.0 Å². The predicted octanol–water partition coefficient (Wildman–Crippen LogP) is 7.00. The largest absolute Gasteiger partial charge is 0.551 e. The number of nitrogens with zero attached hydrogens (tertiary/aromatic N) is 2. The van der Waals surface area contributed by atoms with Crippen molar-refractivity contribution in [2.24, 2.45) is 10.1 Å². The van der Waals surface area contributed by atoms with Crippen molar-refractivity contribution >= 4 is 36.2 Å². The summed E-state index contributed by atoms with van der Waals surface area (Å²) in [6, 6.07) is 20.7. The van der Waals surface area contributed by atoms with Crippen LogP contribution < -0.4 is 15.7 Å². The molecule has 0 saturated carbocycles. The van der Waals surface area contributed by atoms with Crippen LogP contribution in [0.3, 0.4) is 0 Å². The Balaban J connectivity index is 1.47. The van der Waals surface area contributed by atoms with Gasteiger partial charge in [0.1, 0.15) is 34.4 Å². The van der Waals surface area contributed by atoms with Crippen LogP contribution in [0.4, 0.5) is 0 Å². The molecule has 244 valence electrons. The van der Waals surface area contributed by atoms with E-state index in [0.29, 0.717) is 35.1 Å². The number of thioether (sulfide) groups is 1. The average Bonchev–Trinajstić information content (AvgIpc) is 3.48. The molecule has 13 heteroatoms. The molecule has 11 nitrogen and oxygen atoms in total. The van der Waals surface area contributed by atoms with E-state index in [4.69, 9.17) is 22.8 Å². The number of phosphoric acid groups is 1. The first kappa shape index (κ1) is 34.9. The molecule has 0 radical (unpaired) electrons. The number of benzene rings is 2. The number of carbonyl (C=O) groups excluding carboxylic acids is 1. The standard InChI is InChI=1S/C33H38N3O8PS/c1-5-13-28(29-19-27(40-18-6-2)20-30(37)43-29)34-32(38)33(4)23-46-31(35-33)24(3)36-44-45(39,41-21-25-14-9-7-10-15-25)42-22-26-16-11-8-12-17-26/h6-12,14-17,19-20,28H,2,5,13,18,21-23H2,1,3-4H3,(H,34,38)/b36-24+/t28-,33+/m1/s1. The van der Waals surface area contributed by atoms with E-state index in [1.165, 1.54) is 17.8 Å². The van der Waals surface area contributed by atoms with Crippen molar-refractivity contribution in [3.63, 3.8) is 0 Å². The van der Waals surface area contributed by atoms with Gasteiger partial charge in [0.15, 0.2) is 0 Å². The Bertz CT molecular complexity index is 1600. The molecule has 1 aliphatic heterocycles. The molecule has 0 aliphatic carbocycles. The highest BCUT2D eigenvalue weighted by molar-refractivity contribution is 8.16. The number of aliphatic imine (C=N–C) groups is 1. The summed E-state index contributed by atoms with van der Waals surface area (Å²) in [5, 5.41) is 7.48. The molecule has 0 spiro atoms. The second kappa shape index (κ2) is 16.6. The van der Waals surface area contributed by atoms with Crippen LogP contribution in [0.25, 0.3) is 0 Å². The van der Waals surface area contributed by atoms with Crippen molar-refractivity contribution in [1.82, 2.24) is 5.32 Å². The number of ether oxygens (including phenoxy) is 1. The molecule has 3 aromatic rings. The van der Waals surface area contributed by atoms with Gasteiger partial charge < -0.3 is 14.5 Å². The van der Waals surface area contributed by atoms with Crippen molar-refractivity contribution in [2.75, 3.05) is 12.4 Å². The molecule has 1 N–H and O–H groups in total. The molecule has 2 atom stereocenters. The van der Waals surface area contributed by atoms with Crippen LogP contribution in [0.5, 0.6) is 5.75 Å². The van der Waals surface area contributed by atoms with E-state index in [1.54, 1.807) is 26.0 Å². The van der Waals surface area contributed by atoms with Crippen LogP contribution in [0.1, 0.15) is 56.5 Å². The van der Waals surface area contributed by atoms with Gasteiger partial charge >= 0.3 is 13.4 Å². The fourth-order valence-electron chi connectivity index (χ4n) is 4.26. The Morgan fingerprint density at radius 1 is 1.13 bits per heavy atom. The molecule has 1 amide bonds. The van der Waals surface area contributed by atoms with Gasteiger partial charge in [-0.15, -0.1) is 11.8 Å². The van der Waals surface area contributed by atoms with Crippen molar-refractivity contribution < 1.29 is 32.2 Å². The third-order valence-corrected chi connectivity index (χ3v) is 9.27. The predicted molar refractivity (Wildman–Crippen MR) is 179 cm³/mol. The molecule has 0 saturated heterocycles. The first-order chi connectivity index (χ1) is 22.1. The highest BCUT2D eigenvalue weighted by Crippen LogP contribution is 2.51. The molecular weight excluding hydrogens is 629 g/mol. The van der Waals surface area contributed by atoms with Crippen LogP contribution in [-0.2, 0) is 36.2 Å². The maximum atomic E-state index is 13.6.